The van der Waals surface area contributed by atoms with Crippen LogP contribution in [0.3, 0.4) is 0 Å². The van der Waals surface area contributed by atoms with Crippen molar-refractivity contribution >= 4 is 17.8 Å². The molecule has 1 rings (SSSR count). The van der Waals surface area contributed by atoms with Gasteiger partial charge in [0, 0.05) is 30.6 Å². The molecule has 6 nitrogen and oxygen atoms in total. The van der Waals surface area contributed by atoms with Gasteiger partial charge < -0.3 is 15.3 Å². The van der Waals surface area contributed by atoms with E-state index >= 15 is 0 Å². The maximum atomic E-state index is 12.7. The van der Waals surface area contributed by atoms with Crippen LogP contribution >= 0.6 is 0 Å². The normalized spacial score (nSPS) is 11.3. The van der Waals surface area contributed by atoms with Gasteiger partial charge in [0.25, 0.3) is 5.91 Å². The van der Waals surface area contributed by atoms with E-state index in [-0.39, 0.29) is 30.7 Å². The first-order chi connectivity index (χ1) is 12.0. The zero-order valence-electron chi connectivity index (χ0n) is 16.3. The third-order valence-corrected chi connectivity index (χ3v) is 3.80. The van der Waals surface area contributed by atoms with Crippen molar-refractivity contribution < 1.29 is 19.5 Å². The number of benzene rings is 1. The van der Waals surface area contributed by atoms with E-state index in [4.69, 9.17) is 5.11 Å². The van der Waals surface area contributed by atoms with Crippen LogP contribution in [0, 0.1) is 11.3 Å². The van der Waals surface area contributed by atoms with Gasteiger partial charge in [-0.3, -0.25) is 14.4 Å². The zero-order chi connectivity index (χ0) is 19.9. The number of rotatable bonds is 8. The van der Waals surface area contributed by atoms with Crippen LogP contribution < -0.4 is 5.32 Å². The van der Waals surface area contributed by atoms with E-state index in [0.717, 1.165) is 5.56 Å². The second-order valence-electron chi connectivity index (χ2n) is 7.92. The summed E-state index contributed by atoms with van der Waals surface area (Å²) in [4.78, 5) is 37.0. The molecule has 2 amide bonds. The van der Waals surface area contributed by atoms with Crippen molar-refractivity contribution in [1.29, 1.82) is 0 Å². The van der Waals surface area contributed by atoms with Gasteiger partial charge in [0.1, 0.15) is 0 Å². The lowest BCUT2D eigenvalue weighted by Crippen LogP contribution is -2.36. The molecule has 0 saturated heterocycles. The van der Waals surface area contributed by atoms with E-state index in [1.54, 1.807) is 29.2 Å². The molecule has 0 spiro atoms. The van der Waals surface area contributed by atoms with Crippen LogP contribution in [0.2, 0.25) is 0 Å². The van der Waals surface area contributed by atoms with Crippen LogP contribution in [0.4, 0.5) is 0 Å². The fourth-order valence-electron chi connectivity index (χ4n) is 2.34. The highest BCUT2D eigenvalue weighted by atomic mass is 16.4. The Morgan fingerprint density at radius 2 is 1.69 bits per heavy atom. The molecule has 1 aromatic carbocycles. The number of hydrogen-bond acceptors (Lipinski definition) is 3. The molecule has 0 heterocycles. The topological polar surface area (TPSA) is 86.7 Å². The summed E-state index contributed by atoms with van der Waals surface area (Å²) in [7, 11) is 0. The molecule has 26 heavy (non-hydrogen) atoms. The lowest BCUT2D eigenvalue weighted by atomic mass is 9.95. The van der Waals surface area contributed by atoms with Crippen molar-refractivity contribution in [3.63, 3.8) is 0 Å². The van der Waals surface area contributed by atoms with Crippen LogP contribution in [0.5, 0.6) is 0 Å². The van der Waals surface area contributed by atoms with E-state index in [2.05, 4.69) is 5.32 Å². The van der Waals surface area contributed by atoms with Gasteiger partial charge in [0.05, 0.1) is 6.42 Å². The highest BCUT2D eigenvalue weighted by Gasteiger charge is 2.21. The van der Waals surface area contributed by atoms with Crippen molar-refractivity contribution in [3.05, 3.63) is 35.4 Å². The summed E-state index contributed by atoms with van der Waals surface area (Å²) < 4.78 is 0. The van der Waals surface area contributed by atoms with Crippen LogP contribution in [-0.4, -0.2) is 40.9 Å². The number of carboxylic acids is 1. The van der Waals surface area contributed by atoms with E-state index in [1.807, 2.05) is 34.6 Å². The zero-order valence-corrected chi connectivity index (χ0v) is 16.3. The van der Waals surface area contributed by atoms with Crippen molar-refractivity contribution in [2.75, 3.05) is 13.1 Å². The second-order valence-corrected chi connectivity index (χ2v) is 7.92. The first-order valence-electron chi connectivity index (χ1n) is 8.89. The summed E-state index contributed by atoms with van der Waals surface area (Å²) in [5.41, 5.74) is 0.972. The first kappa shape index (κ1) is 21.7. The summed E-state index contributed by atoms with van der Waals surface area (Å²) in [5, 5.41) is 11.7. The molecular weight excluding hydrogens is 332 g/mol. The molecule has 0 bridgehead atoms. The van der Waals surface area contributed by atoms with Crippen LogP contribution in [-0.2, 0) is 16.1 Å². The Bertz CT molecular complexity index is 630. The Morgan fingerprint density at radius 3 is 2.15 bits per heavy atom. The number of amides is 2. The molecule has 0 saturated carbocycles. The predicted molar refractivity (Wildman–Crippen MR) is 101 cm³/mol. The molecule has 0 atom stereocenters. The molecule has 0 aliphatic heterocycles. The minimum atomic E-state index is -0.920. The smallest absolute Gasteiger partial charge is 0.305 e. The molecule has 0 aliphatic carbocycles. The maximum absolute atomic E-state index is 12.7. The Kier molecular flexibility index (Phi) is 7.80. The van der Waals surface area contributed by atoms with Crippen molar-refractivity contribution in [3.8, 4) is 0 Å². The average molecular weight is 362 g/mol. The van der Waals surface area contributed by atoms with Gasteiger partial charge in [0.15, 0.2) is 0 Å². The average Bonchev–Trinajstić information content (AvgIpc) is 2.55. The third-order valence-electron chi connectivity index (χ3n) is 3.80. The fourth-order valence-corrected chi connectivity index (χ4v) is 2.34. The summed E-state index contributed by atoms with van der Waals surface area (Å²) >= 11 is 0. The maximum Gasteiger partial charge on any atom is 0.305 e. The Labute approximate surface area is 155 Å². The van der Waals surface area contributed by atoms with Crippen LogP contribution in [0.25, 0.3) is 0 Å². The lowest BCUT2D eigenvalue weighted by Gasteiger charge is -2.24. The first-order valence-corrected chi connectivity index (χ1v) is 8.89. The number of carbonyl (C=O) groups is 3. The largest absolute Gasteiger partial charge is 0.481 e. The summed E-state index contributed by atoms with van der Waals surface area (Å²) in [5.74, 6) is -0.879. The number of carboxylic acid groups (broad SMARTS) is 1. The van der Waals surface area contributed by atoms with Crippen LogP contribution in [0.1, 0.15) is 57.0 Å². The molecule has 6 heteroatoms. The van der Waals surface area contributed by atoms with Gasteiger partial charge in [-0.25, -0.2) is 0 Å². The molecule has 0 radical (unpaired) electrons. The predicted octanol–water partition coefficient (Wildman–Crippen LogP) is 2.92. The number of aliphatic carboxylic acids is 1. The molecule has 0 aromatic heterocycles. The molecule has 2 N–H and O–H groups in total. The molecule has 144 valence electrons. The van der Waals surface area contributed by atoms with E-state index in [1.165, 1.54) is 0 Å². The fraction of sp³-hybridized carbons (Fsp3) is 0.550. The molecule has 1 aromatic rings. The van der Waals surface area contributed by atoms with Gasteiger partial charge in [-0.1, -0.05) is 46.8 Å². The number of nitrogens with one attached hydrogen (secondary N) is 1. The van der Waals surface area contributed by atoms with Gasteiger partial charge in [-0.2, -0.15) is 0 Å². The molecule has 0 aliphatic rings. The molecule has 0 fully saturated rings. The summed E-state index contributed by atoms with van der Waals surface area (Å²) in [6.07, 6.45) is -0.0740. The summed E-state index contributed by atoms with van der Waals surface area (Å²) in [6, 6.07) is 7.05. The lowest BCUT2D eigenvalue weighted by molar-refractivity contribution is -0.137. The number of nitrogens with zero attached hydrogens (tertiary/aromatic N) is 1. The Balaban J connectivity index is 2.76. The SMILES string of the molecule is CC(C)CN(CCC(=O)O)C(=O)c1ccc(CNC(=O)C(C)(C)C)cc1. The van der Waals surface area contributed by atoms with Gasteiger partial charge in [-0.05, 0) is 23.6 Å². The number of carbonyl (C=O) groups excluding carboxylic acids is 2. The van der Waals surface area contributed by atoms with Crippen molar-refractivity contribution in [2.24, 2.45) is 11.3 Å². The molecule has 0 unspecified atom stereocenters. The van der Waals surface area contributed by atoms with E-state index < -0.39 is 11.4 Å². The minimum Gasteiger partial charge on any atom is -0.481 e. The van der Waals surface area contributed by atoms with Gasteiger partial charge >= 0.3 is 5.97 Å². The minimum absolute atomic E-state index is 0.0329. The van der Waals surface area contributed by atoms with E-state index in [9.17, 15) is 14.4 Å². The highest BCUT2D eigenvalue weighted by Crippen LogP contribution is 2.14. The Hall–Kier alpha value is -2.37. The quantitative estimate of drug-likeness (QED) is 0.744. The standard InChI is InChI=1S/C20H30N2O4/c1-14(2)13-22(11-10-17(23)24)18(25)16-8-6-15(7-9-16)12-21-19(26)20(3,4)5/h6-9,14H,10-13H2,1-5H3,(H,21,26)(H,23,24). The van der Waals surface area contributed by atoms with Crippen molar-refractivity contribution in [2.45, 2.75) is 47.6 Å². The monoisotopic (exact) mass is 362 g/mol. The second kappa shape index (κ2) is 9.36. The van der Waals surface area contributed by atoms with Crippen molar-refractivity contribution in [1.82, 2.24) is 10.2 Å². The van der Waals surface area contributed by atoms with Gasteiger partial charge in [-0.15, -0.1) is 0 Å². The van der Waals surface area contributed by atoms with Gasteiger partial charge in [0.2, 0.25) is 5.91 Å². The van der Waals surface area contributed by atoms with Crippen LogP contribution in [0.15, 0.2) is 24.3 Å². The van der Waals surface area contributed by atoms with E-state index in [0.29, 0.717) is 18.7 Å². The Morgan fingerprint density at radius 1 is 1.12 bits per heavy atom. The summed E-state index contributed by atoms with van der Waals surface area (Å²) in [6.45, 7) is 10.6. The highest BCUT2D eigenvalue weighted by molar-refractivity contribution is 5.94. The third kappa shape index (κ3) is 7.25. The molecular formula is C20H30N2O4. The number of hydrogen-bond donors (Lipinski definition) is 2.